The van der Waals surface area contributed by atoms with Gasteiger partial charge in [0.2, 0.25) is 0 Å². The SMILES string of the molecule is Cc1ccc(Br)cc1S(=O)(=O)Nc1ccc(F)cc1C#N. The minimum absolute atomic E-state index is 0.0401. The summed E-state index contributed by atoms with van der Waals surface area (Å²) in [6, 6.07) is 9.90. The van der Waals surface area contributed by atoms with Crippen LogP contribution in [0.3, 0.4) is 0 Å². The number of anilines is 1. The van der Waals surface area contributed by atoms with Gasteiger partial charge >= 0.3 is 0 Å². The van der Waals surface area contributed by atoms with E-state index in [4.69, 9.17) is 5.26 Å². The first-order valence-corrected chi connectivity index (χ1v) is 8.10. The number of hydrogen-bond donors (Lipinski definition) is 1. The van der Waals surface area contributed by atoms with E-state index in [9.17, 15) is 12.8 Å². The molecule has 7 heteroatoms. The lowest BCUT2D eigenvalue weighted by Gasteiger charge is -2.11. The second kappa shape index (κ2) is 5.84. The van der Waals surface area contributed by atoms with Crippen molar-refractivity contribution in [3.8, 4) is 6.07 Å². The summed E-state index contributed by atoms with van der Waals surface area (Å²) in [7, 11) is -3.87. The molecular formula is C14H10BrFN2O2S. The third-order valence-electron chi connectivity index (χ3n) is 2.79. The topological polar surface area (TPSA) is 70.0 Å². The molecule has 0 saturated carbocycles. The van der Waals surface area contributed by atoms with Gasteiger partial charge in [0, 0.05) is 4.47 Å². The number of rotatable bonds is 3. The largest absolute Gasteiger partial charge is 0.278 e. The van der Waals surface area contributed by atoms with Crippen molar-refractivity contribution in [3.63, 3.8) is 0 Å². The first-order valence-electron chi connectivity index (χ1n) is 5.82. The van der Waals surface area contributed by atoms with Gasteiger partial charge in [-0.3, -0.25) is 4.72 Å². The number of sulfonamides is 1. The van der Waals surface area contributed by atoms with Crippen LogP contribution in [0.25, 0.3) is 0 Å². The molecule has 0 aliphatic heterocycles. The van der Waals surface area contributed by atoms with E-state index >= 15 is 0 Å². The molecule has 0 amide bonds. The summed E-state index contributed by atoms with van der Waals surface area (Å²) in [5.74, 6) is -0.604. The third kappa shape index (κ3) is 3.40. The molecule has 21 heavy (non-hydrogen) atoms. The maximum Gasteiger partial charge on any atom is 0.262 e. The van der Waals surface area contributed by atoms with Gasteiger partial charge in [0.05, 0.1) is 16.1 Å². The Morgan fingerprint density at radius 3 is 2.62 bits per heavy atom. The Hall–Kier alpha value is -1.91. The van der Waals surface area contributed by atoms with Gasteiger partial charge in [-0.05, 0) is 42.8 Å². The van der Waals surface area contributed by atoms with Crippen LogP contribution in [0.2, 0.25) is 0 Å². The predicted octanol–water partition coefficient (Wildman–Crippen LogP) is 3.57. The maximum atomic E-state index is 13.1. The zero-order valence-corrected chi connectivity index (χ0v) is 13.3. The molecule has 0 aromatic heterocycles. The first-order chi connectivity index (χ1) is 9.83. The minimum Gasteiger partial charge on any atom is -0.278 e. The molecule has 2 aromatic rings. The van der Waals surface area contributed by atoms with E-state index in [-0.39, 0.29) is 16.1 Å². The predicted molar refractivity (Wildman–Crippen MR) is 80.8 cm³/mol. The van der Waals surface area contributed by atoms with Crippen LogP contribution < -0.4 is 4.72 Å². The average Bonchev–Trinajstić information content (AvgIpc) is 2.43. The molecule has 4 nitrogen and oxygen atoms in total. The van der Waals surface area contributed by atoms with Crippen molar-refractivity contribution in [3.05, 3.63) is 57.8 Å². The van der Waals surface area contributed by atoms with Crippen molar-refractivity contribution in [2.75, 3.05) is 4.72 Å². The molecule has 0 bridgehead atoms. The van der Waals surface area contributed by atoms with Gasteiger partial charge in [-0.2, -0.15) is 5.26 Å². The van der Waals surface area contributed by atoms with Crippen molar-refractivity contribution < 1.29 is 12.8 Å². The van der Waals surface area contributed by atoms with Crippen LogP contribution in [0, 0.1) is 24.1 Å². The standard InChI is InChI=1S/C14H10BrFN2O2S/c1-9-2-3-11(15)7-14(9)21(19,20)18-13-5-4-12(16)6-10(13)8-17/h2-7,18H,1H3. The van der Waals surface area contributed by atoms with E-state index < -0.39 is 15.8 Å². The minimum atomic E-state index is -3.87. The van der Waals surface area contributed by atoms with E-state index in [2.05, 4.69) is 20.7 Å². The highest BCUT2D eigenvalue weighted by atomic mass is 79.9. The Kier molecular flexibility index (Phi) is 4.30. The van der Waals surface area contributed by atoms with Crippen LogP contribution in [-0.4, -0.2) is 8.42 Å². The highest BCUT2D eigenvalue weighted by Gasteiger charge is 2.19. The average molecular weight is 369 g/mol. The number of nitrogens with zero attached hydrogens (tertiary/aromatic N) is 1. The summed E-state index contributed by atoms with van der Waals surface area (Å²) in [5, 5.41) is 8.95. The summed E-state index contributed by atoms with van der Waals surface area (Å²) in [6.45, 7) is 1.66. The van der Waals surface area contributed by atoms with Gasteiger partial charge in [0.25, 0.3) is 10.0 Å². The fraction of sp³-hybridized carbons (Fsp3) is 0.0714. The van der Waals surface area contributed by atoms with Crippen molar-refractivity contribution in [1.29, 1.82) is 5.26 Å². The Labute approximate surface area is 130 Å². The van der Waals surface area contributed by atoms with Crippen LogP contribution in [-0.2, 0) is 10.0 Å². The van der Waals surface area contributed by atoms with Crippen LogP contribution in [0.1, 0.15) is 11.1 Å². The van der Waals surface area contributed by atoms with Crippen LogP contribution >= 0.6 is 15.9 Å². The van der Waals surface area contributed by atoms with E-state index in [1.165, 1.54) is 12.1 Å². The lowest BCUT2D eigenvalue weighted by Crippen LogP contribution is -2.15. The van der Waals surface area contributed by atoms with E-state index in [0.29, 0.717) is 10.0 Å². The highest BCUT2D eigenvalue weighted by molar-refractivity contribution is 9.10. The van der Waals surface area contributed by atoms with Crippen molar-refractivity contribution in [2.45, 2.75) is 11.8 Å². The molecule has 1 N–H and O–H groups in total. The van der Waals surface area contributed by atoms with Crippen molar-refractivity contribution >= 4 is 31.6 Å². The Balaban J connectivity index is 2.48. The van der Waals surface area contributed by atoms with Crippen LogP contribution in [0.15, 0.2) is 45.8 Å². The fourth-order valence-corrected chi connectivity index (χ4v) is 3.63. The number of nitrogens with one attached hydrogen (secondary N) is 1. The molecule has 108 valence electrons. The second-order valence-corrected chi connectivity index (χ2v) is 6.88. The van der Waals surface area contributed by atoms with Gasteiger partial charge in [-0.25, -0.2) is 12.8 Å². The van der Waals surface area contributed by atoms with Gasteiger partial charge in [0.15, 0.2) is 0 Å². The first kappa shape index (κ1) is 15.5. The molecular weight excluding hydrogens is 359 g/mol. The van der Waals surface area contributed by atoms with Crippen molar-refractivity contribution in [1.82, 2.24) is 0 Å². The summed E-state index contributed by atoms with van der Waals surface area (Å²) in [6.07, 6.45) is 0. The Morgan fingerprint density at radius 2 is 1.95 bits per heavy atom. The van der Waals surface area contributed by atoms with Gasteiger partial charge in [-0.1, -0.05) is 22.0 Å². The molecule has 0 atom stereocenters. The summed E-state index contributed by atoms with van der Waals surface area (Å²) in [5.41, 5.74) is 0.524. The number of hydrogen-bond acceptors (Lipinski definition) is 3. The molecule has 0 heterocycles. The quantitative estimate of drug-likeness (QED) is 0.899. The molecule has 0 radical (unpaired) electrons. The summed E-state index contributed by atoms with van der Waals surface area (Å²) >= 11 is 3.22. The van der Waals surface area contributed by atoms with Crippen molar-refractivity contribution in [2.24, 2.45) is 0 Å². The molecule has 0 spiro atoms. The number of aryl methyl sites for hydroxylation is 1. The van der Waals surface area contributed by atoms with Gasteiger partial charge in [-0.15, -0.1) is 0 Å². The molecule has 0 unspecified atom stereocenters. The monoisotopic (exact) mass is 368 g/mol. The highest BCUT2D eigenvalue weighted by Crippen LogP contribution is 2.25. The van der Waals surface area contributed by atoms with Crippen LogP contribution in [0.5, 0.6) is 0 Å². The molecule has 2 rings (SSSR count). The molecule has 0 saturated heterocycles. The molecule has 2 aromatic carbocycles. The van der Waals surface area contributed by atoms with E-state index in [1.54, 1.807) is 25.1 Å². The molecule has 0 aliphatic rings. The number of benzene rings is 2. The van der Waals surface area contributed by atoms with Gasteiger partial charge < -0.3 is 0 Å². The number of halogens is 2. The smallest absolute Gasteiger partial charge is 0.262 e. The fourth-order valence-electron chi connectivity index (χ4n) is 1.76. The zero-order chi connectivity index (χ0) is 15.6. The molecule has 0 fully saturated rings. The Bertz CT molecular complexity index is 845. The lowest BCUT2D eigenvalue weighted by atomic mass is 10.2. The van der Waals surface area contributed by atoms with E-state index in [1.807, 2.05) is 0 Å². The second-order valence-electron chi connectivity index (χ2n) is 4.32. The molecule has 0 aliphatic carbocycles. The van der Waals surface area contributed by atoms with Crippen LogP contribution in [0.4, 0.5) is 10.1 Å². The zero-order valence-electron chi connectivity index (χ0n) is 10.9. The Morgan fingerprint density at radius 1 is 1.24 bits per heavy atom. The summed E-state index contributed by atoms with van der Waals surface area (Å²) < 4.78 is 40.8. The van der Waals surface area contributed by atoms with Gasteiger partial charge in [0.1, 0.15) is 11.9 Å². The summed E-state index contributed by atoms with van der Waals surface area (Å²) in [4.78, 5) is 0.0880. The van der Waals surface area contributed by atoms with E-state index in [0.717, 1.165) is 12.1 Å². The normalized spacial score (nSPS) is 11.0. The third-order valence-corrected chi connectivity index (χ3v) is 4.79. The number of nitriles is 1. The lowest BCUT2D eigenvalue weighted by molar-refractivity contribution is 0.600. The maximum absolute atomic E-state index is 13.1.